The Labute approximate surface area is 260 Å². The van der Waals surface area contributed by atoms with Crippen LogP contribution in [-0.4, -0.2) is 30.8 Å². The standard InChI is InChI=1S/C35H39F5O5/c1-3-5-7-8-9-10-11-21-43-26-16-13-24(14-17-26)25-15-19-28(30(36)22-25)33(41)44-27-18-20-29(31(37)23-27)34(42)45-32(12-6-4-2)35(38,39)40/h13-20,22-23,32H,3-12,21H2,1-2H3/t32-/m1/s1. The van der Waals surface area contributed by atoms with Gasteiger partial charge in [-0.05, 0) is 66.8 Å². The molecule has 0 aliphatic rings. The minimum atomic E-state index is -4.80. The molecule has 0 saturated carbocycles. The Bertz CT molecular complexity index is 1390. The third-order valence-corrected chi connectivity index (χ3v) is 7.20. The van der Waals surface area contributed by atoms with E-state index in [4.69, 9.17) is 9.47 Å². The number of benzene rings is 3. The van der Waals surface area contributed by atoms with E-state index in [2.05, 4.69) is 11.7 Å². The summed E-state index contributed by atoms with van der Waals surface area (Å²) >= 11 is 0. The number of halogens is 5. The molecule has 1 atom stereocenters. The molecule has 3 aromatic carbocycles. The molecule has 0 bridgehead atoms. The molecule has 0 spiro atoms. The van der Waals surface area contributed by atoms with Gasteiger partial charge >= 0.3 is 18.1 Å². The summed E-state index contributed by atoms with van der Waals surface area (Å²) in [7, 11) is 0. The van der Waals surface area contributed by atoms with E-state index in [1.165, 1.54) is 50.3 Å². The monoisotopic (exact) mass is 634 g/mol. The van der Waals surface area contributed by atoms with Crippen LogP contribution in [0.4, 0.5) is 22.0 Å². The highest BCUT2D eigenvalue weighted by molar-refractivity contribution is 5.93. The van der Waals surface area contributed by atoms with Crippen molar-refractivity contribution < 1.29 is 45.8 Å². The normalized spacial score (nSPS) is 12.1. The van der Waals surface area contributed by atoms with E-state index >= 15 is 0 Å². The Hall–Kier alpha value is -3.95. The van der Waals surface area contributed by atoms with Gasteiger partial charge in [0.05, 0.1) is 17.7 Å². The van der Waals surface area contributed by atoms with Gasteiger partial charge in [0.15, 0.2) is 6.10 Å². The molecule has 0 heterocycles. The molecule has 5 nitrogen and oxygen atoms in total. The van der Waals surface area contributed by atoms with Gasteiger partial charge in [0.2, 0.25) is 0 Å². The van der Waals surface area contributed by atoms with Crippen LogP contribution in [0, 0.1) is 11.6 Å². The molecular formula is C35H39F5O5. The average molecular weight is 635 g/mol. The highest BCUT2D eigenvalue weighted by Crippen LogP contribution is 2.29. The lowest BCUT2D eigenvalue weighted by atomic mass is 10.0. The number of rotatable bonds is 17. The zero-order valence-corrected chi connectivity index (χ0v) is 25.6. The molecule has 0 aliphatic heterocycles. The Morgan fingerprint density at radius 2 is 1.22 bits per heavy atom. The lowest BCUT2D eigenvalue weighted by molar-refractivity contribution is -0.206. The molecule has 0 aliphatic carbocycles. The molecule has 10 heteroatoms. The van der Waals surface area contributed by atoms with Gasteiger partial charge in [-0.3, -0.25) is 0 Å². The number of alkyl halides is 3. The van der Waals surface area contributed by atoms with Crippen molar-refractivity contribution in [3.05, 3.63) is 83.4 Å². The first-order chi connectivity index (χ1) is 21.5. The van der Waals surface area contributed by atoms with Gasteiger partial charge in [-0.2, -0.15) is 13.2 Å². The van der Waals surface area contributed by atoms with Gasteiger partial charge in [0.25, 0.3) is 0 Å². The summed E-state index contributed by atoms with van der Waals surface area (Å²) in [6, 6.07) is 13.6. The molecule has 0 radical (unpaired) electrons. The summed E-state index contributed by atoms with van der Waals surface area (Å²) in [4.78, 5) is 24.8. The second-order valence-corrected chi connectivity index (χ2v) is 10.8. The molecule has 0 amide bonds. The van der Waals surface area contributed by atoms with Gasteiger partial charge in [0.1, 0.15) is 23.1 Å². The van der Waals surface area contributed by atoms with Crippen LogP contribution in [-0.2, 0) is 4.74 Å². The third-order valence-electron chi connectivity index (χ3n) is 7.20. The van der Waals surface area contributed by atoms with Crippen LogP contribution in [0.1, 0.15) is 98.8 Å². The Morgan fingerprint density at radius 3 is 1.84 bits per heavy atom. The molecule has 244 valence electrons. The second kappa shape index (κ2) is 17.5. The third kappa shape index (κ3) is 11.2. The summed E-state index contributed by atoms with van der Waals surface area (Å²) in [5, 5.41) is 0. The summed E-state index contributed by atoms with van der Waals surface area (Å²) in [5.74, 6) is -4.43. The van der Waals surface area contributed by atoms with Crippen molar-refractivity contribution in [3.63, 3.8) is 0 Å². The predicted octanol–water partition coefficient (Wildman–Crippen LogP) is 10.3. The van der Waals surface area contributed by atoms with E-state index in [0.29, 0.717) is 36.0 Å². The van der Waals surface area contributed by atoms with Crippen molar-refractivity contribution in [3.8, 4) is 22.6 Å². The summed E-state index contributed by atoms with van der Waals surface area (Å²) in [6.07, 6.45) is 1.29. The Morgan fingerprint density at radius 1 is 0.667 bits per heavy atom. The van der Waals surface area contributed by atoms with Gasteiger partial charge < -0.3 is 14.2 Å². The van der Waals surface area contributed by atoms with Gasteiger partial charge in [0, 0.05) is 6.07 Å². The molecule has 0 unspecified atom stereocenters. The molecule has 3 aromatic rings. The van der Waals surface area contributed by atoms with E-state index < -0.39 is 53.4 Å². The maximum Gasteiger partial charge on any atom is 0.425 e. The number of esters is 2. The van der Waals surface area contributed by atoms with E-state index in [-0.39, 0.29) is 12.2 Å². The summed E-state index contributed by atoms with van der Waals surface area (Å²) < 4.78 is 84.5. The van der Waals surface area contributed by atoms with Gasteiger partial charge in [-0.25, -0.2) is 18.4 Å². The van der Waals surface area contributed by atoms with Crippen LogP contribution in [0.5, 0.6) is 11.5 Å². The van der Waals surface area contributed by atoms with Crippen LogP contribution < -0.4 is 9.47 Å². The van der Waals surface area contributed by atoms with Crippen molar-refractivity contribution in [1.29, 1.82) is 0 Å². The van der Waals surface area contributed by atoms with E-state index in [9.17, 15) is 31.5 Å². The molecule has 0 N–H and O–H groups in total. The highest BCUT2D eigenvalue weighted by Gasteiger charge is 2.42. The maximum atomic E-state index is 14.9. The fourth-order valence-electron chi connectivity index (χ4n) is 4.61. The smallest absolute Gasteiger partial charge is 0.425 e. The van der Waals surface area contributed by atoms with Crippen LogP contribution >= 0.6 is 0 Å². The van der Waals surface area contributed by atoms with Crippen LogP contribution in [0.25, 0.3) is 11.1 Å². The van der Waals surface area contributed by atoms with Crippen LogP contribution in [0.15, 0.2) is 60.7 Å². The predicted molar refractivity (Wildman–Crippen MR) is 161 cm³/mol. The average Bonchev–Trinajstić information content (AvgIpc) is 3.00. The minimum absolute atomic E-state index is 0.160. The molecule has 0 saturated heterocycles. The first-order valence-corrected chi connectivity index (χ1v) is 15.4. The van der Waals surface area contributed by atoms with Crippen LogP contribution in [0.3, 0.4) is 0 Å². The van der Waals surface area contributed by atoms with Gasteiger partial charge in [-0.15, -0.1) is 0 Å². The van der Waals surface area contributed by atoms with E-state index in [0.717, 1.165) is 25.0 Å². The van der Waals surface area contributed by atoms with Crippen molar-refractivity contribution in [2.24, 2.45) is 0 Å². The number of carbonyl (C=O) groups is 2. The Kier molecular flexibility index (Phi) is 13.8. The summed E-state index contributed by atoms with van der Waals surface area (Å²) in [5.41, 5.74) is 0.0309. The van der Waals surface area contributed by atoms with Gasteiger partial charge in [-0.1, -0.05) is 77.0 Å². The van der Waals surface area contributed by atoms with Crippen LogP contribution in [0.2, 0.25) is 0 Å². The number of unbranched alkanes of at least 4 members (excludes halogenated alkanes) is 7. The molecule has 0 aromatic heterocycles. The zero-order valence-electron chi connectivity index (χ0n) is 25.6. The lowest BCUT2D eigenvalue weighted by Crippen LogP contribution is -2.34. The van der Waals surface area contributed by atoms with Crippen molar-refractivity contribution in [1.82, 2.24) is 0 Å². The largest absolute Gasteiger partial charge is 0.494 e. The minimum Gasteiger partial charge on any atom is -0.494 e. The SMILES string of the molecule is CCCCCCCCCOc1ccc(-c2ccc(C(=O)Oc3ccc(C(=O)O[C@H](CCCC)C(F)(F)F)c(F)c3)c(F)c2)cc1. The van der Waals surface area contributed by atoms with Crippen molar-refractivity contribution in [2.45, 2.75) is 90.3 Å². The fourth-order valence-corrected chi connectivity index (χ4v) is 4.61. The first kappa shape index (κ1) is 35.5. The Balaban J connectivity index is 1.56. The highest BCUT2D eigenvalue weighted by atomic mass is 19.4. The molecule has 3 rings (SSSR count). The maximum absolute atomic E-state index is 14.9. The topological polar surface area (TPSA) is 61.8 Å². The summed E-state index contributed by atoms with van der Waals surface area (Å²) in [6.45, 7) is 4.49. The molecule has 0 fully saturated rings. The van der Waals surface area contributed by atoms with Crippen molar-refractivity contribution >= 4 is 11.9 Å². The zero-order chi connectivity index (χ0) is 32.8. The number of ether oxygens (including phenoxy) is 3. The fraction of sp³-hybridized carbons (Fsp3) is 0.429. The first-order valence-electron chi connectivity index (χ1n) is 15.4. The number of carbonyl (C=O) groups excluding carboxylic acids is 2. The van der Waals surface area contributed by atoms with E-state index in [1.807, 2.05) is 0 Å². The number of hydrogen-bond donors (Lipinski definition) is 0. The van der Waals surface area contributed by atoms with E-state index in [1.54, 1.807) is 31.2 Å². The number of hydrogen-bond acceptors (Lipinski definition) is 5. The molecular weight excluding hydrogens is 595 g/mol. The molecule has 45 heavy (non-hydrogen) atoms. The quantitative estimate of drug-likeness (QED) is 0.0640. The second-order valence-electron chi connectivity index (χ2n) is 10.8. The lowest BCUT2D eigenvalue weighted by Gasteiger charge is -2.20. The van der Waals surface area contributed by atoms with Crippen molar-refractivity contribution in [2.75, 3.05) is 6.61 Å².